The van der Waals surface area contributed by atoms with Crippen LogP contribution in [0.5, 0.6) is 0 Å². The maximum atomic E-state index is 11.8. The maximum absolute atomic E-state index is 11.8. The number of carbonyl (C=O) groups excluding carboxylic acids is 2. The van der Waals surface area contributed by atoms with Crippen molar-refractivity contribution in [2.45, 2.75) is 45.6 Å². The first kappa shape index (κ1) is 12.0. The van der Waals surface area contributed by atoms with Crippen molar-refractivity contribution in [1.82, 2.24) is 4.90 Å². The molecular weight excluding hydrogens is 192 g/mol. The molecule has 0 radical (unpaired) electrons. The molecule has 1 saturated heterocycles. The Labute approximate surface area is 90.8 Å². The Kier molecular flexibility index (Phi) is 4.12. The molecule has 1 aliphatic heterocycles. The van der Waals surface area contributed by atoms with Crippen molar-refractivity contribution in [1.29, 1.82) is 0 Å². The molecule has 1 fully saturated rings. The van der Waals surface area contributed by atoms with Crippen LogP contribution in [0, 0.1) is 5.92 Å². The zero-order chi connectivity index (χ0) is 11.4. The minimum absolute atomic E-state index is 0.0741. The number of likely N-dealkylation sites (tertiary alicyclic amines) is 1. The van der Waals surface area contributed by atoms with Crippen LogP contribution in [0.25, 0.3) is 0 Å². The average Bonchev–Trinajstić information content (AvgIpc) is 2.62. The Morgan fingerprint density at radius 3 is 2.67 bits per heavy atom. The molecule has 0 aromatic carbocycles. The van der Waals surface area contributed by atoms with Crippen LogP contribution >= 0.6 is 0 Å². The molecule has 1 aliphatic rings. The molecule has 86 valence electrons. The fourth-order valence-corrected chi connectivity index (χ4v) is 1.92. The summed E-state index contributed by atoms with van der Waals surface area (Å²) in [4.78, 5) is 24.5. The van der Waals surface area contributed by atoms with E-state index in [-0.39, 0.29) is 17.9 Å². The number of primary amides is 1. The summed E-state index contributed by atoms with van der Waals surface area (Å²) < 4.78 is 0. The summed E-state index contributed by atoms with van der Waals surface area (Å²) in [6.45, 7) is 4.86. The van der Waals surface area contributed by atoms with Crippen LogP contribution in [0.15, 0.2) is 0 Å². The van der Waals surface area contributed by atoms with Crippen LogP contribution in [0.1, 0.15) is 39.5 Å². The molecule has 0 spiro atoms. The van der Waals surface area contributed by atoms with Gasteiger partial charge < -0.3 is 10.6 Å². The molecule has 1 rings (SSSR count). The van der Waals surface area contributed by atoms with Crippen LogP contribution in [0.4, 0.5) is 0 Å². The zero-order valence-electron chi connectivity index (χ0n) is 9.53. The van der Waals surface area contributed by atoms with Gasteiger partial charge in [0.2, 0.25) is 11.8 Å². The summed E-state index contributed by atoms with van der Waals surface area (Å²) in [6, 6.07) is -0.357. The molecular formula is C11H20N2O2. The fraction of sp³-hybridized carbons (Fsp3) is 0.818. The molecule has 0 aromatic heterocycles. The van der Waals surface area contributed by atoms with Crippen molar-refractivity contribution in [3.63, 3.8) is 0 Å². The van der Waals surface area contributed by atoms with E-state index < -0.39 is 0 Å². The van der Waals surface area contributed by atoms with Crippen molar-refractivity contribution < 1.29 is 9.59 Å². The smallest absolute Gasteiger partial charge is 0.240 e. The molecule has 0 aromatic rings. The minimum atomic E-state index is -0.370. The number of rotatable bonds is 4. The molecule has 0 bridgehead atoms. The van der Waals surface area contributed by atoms with Gasteiger partial charge in [0.25, 0.3) is 0 Å². The highest BCUT2D eigenvalue weighted by molar-refractivity contribution is 5.87. The predicted molar refractivity (Wildman–Crippen MR) is 58.0 cm³/mol. The third-order valence-corrected chi connectivity index (χ3v) is 2.84. The Morgan fingerprint density at radius 1 is 1.47 bits per heavy atom. The standard InChI is InChI=1S/C11H20N2O2/c1-8(2)5-6-10(14)13-7-3-4-9(13)11(12)15/h8-9H,3-7H2,1-2H3,(H2,12,15). The summed E-state index contributed by atoms with van der Waals surface area (Å²) >= 11 is 0. The highest BCUT2D eigenvalue weighted by Crippen LogP contribution is 2.19. The lowest BCUT2D eigenvalue weighted by atomic mass is 10.1. The van der Waals surface area contributed by atoms with Gasteiger partial charge in [-0.3, -0.25) is 9.59 Å². The quantitative estimate of drug-likeness (QED) is 0.752. The third-order valence-electron chi connectivity index (χ3n) is 2.84. The highest BCUT2D eigenvalue weighted by atomic mass is 16.2. The molecule has 1 atom stereocenters. The van der Waals surface area contributed by atoms with E-state index in [1.807, 2.05) is 0 Å². The van der Waals surface area contributed by atoms with E-state index in [1.54, 1.807) is 4.90 Å². The van der Waals surface area contributed by atoms with E-state index in [9.17, 15) is 9.59 Å². The SMILES string of the molecule is CC(C)CCC(=O)N1CCCC1C(N)=O. The van der Waals surface area contributed by atoms with E-state index >= 15 is 0 Å². The van der Waals surface area contributed by atoms with Crippen LogP contribution in [-0.4, -0.2) is 29.3 Å². The van der Waals surface area contributed by atoms with E-state index in [4.69, 9.17) is 5.73 Å². The summed E-state index contributed by atoms with van der Waals surface area (Å²) in [5, 5.41) is 0. The molecule has 0 aliphatic carbocycles. The van der Waals surface area contributed by atoms with Gasteiger partial charge >= 0.3 is 0 Å². The predicted octanol–water partition coefficient (Wildman–Crippen LogP) is 0.899. The van der Waals surface area contributed by atoms with E-state index in [0.717, 1.165) is 19.3 Å². The van der Waals surface area contributed by atoms with Gasteiger partial charge in [0.1, 0.15) is 6.04 Å². The van der Waals surface area contributed by atoms with Crippen molar-refractivity contribution in [2.24, 2.45) is 11.7 Å². The van der Waals surface area contributed by atoms with E-state index in [0.29, 0.717) is 18.9 Å². The first-order valence-corrected chi connectivity index (χ1v) is 5.61. The number of hydrogen-bond donors (Lipinski definition) is 1. The van der Waals surface area contributed by atoms with Crippen LogP contribution in [0.3, 0.4) is 0 Å². The number of hydrogen-bond acceptors (Lipinski definition) is 2. The lowest BCUT2D eigenvalue weighted by Gasteiger charge is -2.22. The second-order valence-electron chi connectivity index (χ2n) is 4.58. The van der Waals surface area contributed by atoms with Gasteiger partial charge in [-0.1, -0.05) is 13.8 Å². The average molecular weight is 212 g/mol. The second kappa shape index (κ2) is 5.14. The molecule has 1 unspecified atom stereocenters. The molecule has 4 heteroatoms. The zero-order valence-corrected chi connectivity index (χ0v) is 9.53. The van der Waals surface area contributed by atoms with Crippen LogP contribution in [0.2, 0.25) is 0 Å². The Bertz CT molecular complexity index is 251. The molecule has 2 N–H and O–H groups in total. The van der Waals surface area contributed by atoms with Gasteiger partial charge in [-0.2, -0.15) is 0 Å². The fourth-order valence-electron chi connectivity index (χ4n) is 1.92. The van der Waals surface area contributed by atoms with Crippen LogP contribution < -0.4 is 5.73 Å². The van der Waals surface area contributed by atoms with Crippen molar-refractivity contribution in [3.05, 3.63) is 0 Å². The summed E-state index contributed by atoms with van der Waals surface area (Å²) in [5.74, 6) is 0.221. The molecule has 0 saturated carbocycles. The molecule has 2 amide bonds. The second-order valence-corrected chi connectivity index (χ2v) is 4.58. The van der Waals surface area contributed by atoms with Gasteiger partial charge in [0, 0.05) is 13.0 Å². The first-order valence-electron chi connectivity index (χ1n) is 5.61. The van der Waals surface area contributed by atoms with Crippen molar-refractivity contribution in [2.75, 3.05) is 6.54 Å². The Morgan fingerprint density at radius 2 is 2.13 bits per heavy atom. The summed E-state index contributed by atoms with van der Waals surface area (Å²) in [6.07, 6.45) is 3.02. The van der Waals surface area contributed by atoms with E-state index in [2.05, 4.69) is 13.8 Å². The Balaban J connectivity index is 2.47. The Hall–Kier alpha value is -1.06. The number of carbonyl (C=O) groups is 2. The number of amides is 2. The number of nitrogens with zero attached hydrogens (tertiary/aromatic N) is 1. The summed E-state index contributed by atoms with van der Waals surface area (Å²) in [5.41, 5.74) is 5.25. The lowest BCUT2D eigenvalue weighted by molar-refractivity contribution is -0.137. The minimum Gasteiger partial charge on any atom is -0.368 e. The van der Waals surface area contributed by atoms with E-state index in [1.165, 1.54) is 0 Å². The van der Waals surface area contributed by atoms with Crippen LogP contribution in [-0.2, 0) is 9.59 Å². The molecule has 1 heterocycles. The number of nitrogens with two attached hydrogens (primary N) is 1. The highest BCUT2D eigenvalue weighted by Gasteiger charge is 2.31. The molecule has 15 heavy (non-hydrogen) atoms. The van der Waals surface area contributed by atoms with Crippen molar-refractivity contribution >= 4 is 11.8 Å². The normalized spacial score (nSPS) is 21.0. The first-order chi connectivity index (χ1) is 7.02. The topological polar surface area (TPSA) is 63.4 Å². The third kappa shape index (κ3) is 3.22. The lowest BCUT2D eigenvalue weighted by Crippen LogP contribution is -2.43. The maximum Gasteiger partial charge on any atom is 0.240 e. The largest absolute Gasteiger partial charge is 0.368 e. The summed E-state index contributed by atoms with van der Waals surface area (Å²) in [7, 11) is 0. The van der Waals surface area contributed by atoms with Gasteiger partial charge in [-0.05, 0) is 25.2 Å². The van der Waals surface area contributed by atoms with Crippen molar-refractivity contribution in [3.8, 4) is 0 Å². The molecule has 4 nitrogen and oxygen atoms in total. The monoisotopic (exact) mass is 212 g/mol. The van der Waals surface area contributed by atoms with Gasteiger partial charge in [-0.15, -0.1) is 0 Å². The van der Waals surface area contributed by atoms with Gasteiger partial charge in [-0.25, -0.2) is 0 Å². The van der Waals surface area contributed by atoms with Gasteiger partial charge in [0.15, 0.2) is 0 Å². The van der Waals surface area contributed by atoms with Gasteiger partial charge in [0.05, 0.1) is 0 Å².